The molecule has 1 amide bonds. The van der Waals surface area contributed by atoms with Crippen LogP contribution in [0.4, 0.5) is 0 Å². The molecule has 2 heterocycles. The van der Waals surface area contributed by atoms with Crippen LogP contribution in [0, 0.1) is 0 Å². The van der Waals surface area contributed by atoms with Crippen molar-refractivity contribution in [2.75, 3.05) is 19.8 Å². The number of aliphatic carboxylic acids is 1. The third-order valence-corrected chi connectivity index (χ3v) is 4.49. The van der Waals surface area contributed by atoms with E-state index in [-0.39, 0.29) is 31.2 Å². The molecule has 1 aliphatic rings. The highest BCUT2D eigenvalue weighted by Gasteiger charge is 2.29. The van der Waals surface area contributed by atoms with E-state index < -0.39 is 12.0 Å². The third kappa shape index (κ3) is 3.30. The molecule has 0 spiro atoms. The predicted molar refractivity (Wildman–Crippen MR) is 90.4 cm³/mol. The highest BCUT2D eigenvalue weighted by molar-refractivity contribution is 5.81. The molecule has 0 bridgehead atoms. The van der Waals surface area contributed by atoms with E-state index in [1.807, 2.05) is 31.2 Å². The second-order valence-corrected chi connectivity index (χ2v) is 6.02. The predicted octanol–water partition coefficient (Wildman–Crippen LogP) is 0.525. The molecule has 1 saturated heterocycles. The first-order chi connectivity index (χ1) is 12.0. The van der Waals surface area contributed by atoms with Gasteiger partial charge >= 0.3 is 11.7 Å². The molecule has 1 fully saturated rings. The lowest BCUT2D eigenvalue weighted by Crippen LogP contribution is -2.51. The number of benzene rings is 1. The van der Waals surface area contributed by atoms with Crippen molar-refractivity contribution in [2.24, 2.45) is 0 Å². The Morgan fingerprint density at radius 1 is 1.24 bits per heavy atom. The quantitative estimate of drug-likeness (QED) is 0.851. The number of amides is 1. The van der Waals surface area contributed by atoms with Gasteiger partial charge in [0.1, 0.15) is 6.54 Å². The van der Waals surface area contributed by atoms with Crippen molar-refractivity contribution >= 4 is 22.9 Å². The third-order valence-electron chi connectivity index (χ3n) is 4.49. The molecule has 0 unspecified atom stereocenters. The van der Waals surface area contributed by atoms with Crippen LogP contribution in [0.1, 0.15) is 13.3 Å². The molecule has 134 valence electrons. The van der Waals surface area contributed by atoms with Gasteiger partial charge in [-0.2, -0.15) is 0 Å². The minimum Gasteiger partial charge on any atom is -0.481 e. The number of carbonyl (C=O) groups is 2. The average Bonchev–Trinajstić information content (AvgIpc) is 2.86. The Kier molecular flexibility index (Phi) is 4.89. The summed E-state index contributed by atoms with van der Waals surface area (Å²) in [5.41, 5.74) is 1.25. The average molecular weight is 347 g/mol. The van der Waals surface area contributed by atoms with Crippen molar-refractivity contribution in [1.29, 1.82) is 0 Å². The fraction of sp³-hybridized carbons (Fsp3) is 0.471. The van der Waals surface area contributed by atoms with Gasteiger partial charge in [-0.25, -0.2) is 4.79 Å². The minimum atomic E-state index is -0.979. The molecule has 0 radical (unpaired) electrons. The zero-order chi connectivity index (χ0) is 18.0. The van der Waals surface area contributed by atoms with Gasteiger partial charge in [-0.3, -0.25) is 18.7 Å². The van der Waals surface area contributed by atoms with Crippen LogP contribution in [-0.4, -0.2) is 56.8 Å². The maximum Gasteiger partial charge on any atom is 0.329 e. The van der Waals surface area contributed by atoms with Gasteiger partial charge in [0.05, 0.1) is 36.7 Å². The van der Waals surface area contributed by atoms with Gasteiger partial charge in [0.15, 0.2) is 0 Å². The number of ether oxygens (including phenoxy) is 1. The van der Waals surface area contributed by atoms with Crippen LogP contribution >= 0.6 is 0 Å². The Labute approximate surface area is 144 Å². The van der Waals surface area contributed by atoms with Crippen molar-refractivity contribution in [2.45, 2.75) is 32.5 Å². The number of aryl methyl sites for hydroxylation is 1. The first-order valence-electron chi connectivity index (χ1n) is 8.30. The fourth-order valence-electron chi connectivity index (χ4n) is 3.31. The van der Waals surface area contributed by atoms with Gasteiger partial charge in [0.25, 0.3) is 0 Å². The summed E-state index contributed by atoms with van der Waals surface area (Å²) in [6, 6.07) is 6.83. The Hall–Kier alpha value is -2.61. The van der Waals surface area contributed by atoms with E-state index in [1.165, 1.54) is 9.47 Å². The summed E-state index contributed by atoms with van der Waals surface area (Å²) in [6.07, 6.45) is -0.169. The zero-order valence-electron chi connectivity index (χ0n) is 14.1. The summed E-state index contributed by atoms with van der Waals surface area (Å²) in [5, 5.41) is 9.02. The van der Waals surface area contributed by atoms with Crippen LogP contribution in [0.3, 0.4) is 0 Å². The number of hydrogen-bond donors (Lipinski definition) is 1. The number of carboxylic acid groups (broad SMARTS) is 1. The first-order valence-corrected chi connectivity index (χ1v) is 8.30. The number of rotatable bonds is 5. The fourth-order valence-corrected chi connectivity index (χ4v) is 3.31. The normalized spacial score (nSPS) is 17.8. The van der Waals surface area contributed by atoms with Gasteiger partial charge in [-0.1, -0.05) is 12.1 Å². The Morgan fingerprint density at radius 3 is 2.56 bits per heavy atom. The lowest BCUT2D eigenvalue weighted by molar-refractivity contribution is -0.146. The monoisotopic (exact) mass is 347 g/mol. The van der Waals surface area contributed by atoms with Crippen LogP contribution in [-0.2, 0) is 27.4 Å². The summed E-state index contributed by atoms with van der Waals surface area (Å²) in [5.74, 6) is -1.25. The smallest absolute Gasteiger partial charge is 0.329 e. The highest BCUT2D eigenvalue weighted by atomic mass is 16.5. The van der Waals surface area contributed by atoms with Gasteiger partial charge in [-0.05, 0) is 19.1 Å². The lowest BCUT2D eigenvalue weighted by atomic mass is 10.1. The van der Waals surface area contributed by atoms with Gasteiger partial charge in [0, 0.05) is 13.1 Å². The minimum absolute atomic E-state index is 0.109. The van der Waals surface area contributed by atoms with Crippen LogP contribution in [0.2, 0.25) is 0 Å². The summed E-state index contributed by atoms with van der Waals surface area (Å²) in [7, 11) is 0. The van der Waals surface area contributed by atoms with Crippen molar-refractivity contribution in [1.82, 2.24) is 14.0 Å². The molecule has 8 heteroatoms. The number of hydrogen-bond acceptors (Lipinski definition) is 4. The molecular formula is C17H21N3O5. The van der Waals surface area contributed by atoms with Crippen LogP contribution < -0.4 is 5.69 Å². The number of fused-ring (bicyclic) bond motifs is 1. The molecule has 0 saturated carbocycles. The Morgan fingerprint density at radius 2 is 1.92 bits per heavy atom. The van der Waals surface area contributed by atoms with Gasteiger partial charge in [0.2, 0.25) is 5.91 Å². The summed E-state index contributed by atoms with van der Waals surface area (Å²) >= 11 is 0. The van der Waals surface area contributed by atoms with Crippen LogP contribution in [0.5, 0.6) is 0 Å². The summed E-state index contributed by atoms with van der Waals surface area (Å²) in [6.45, 7) is 3.18. The van der Waals surface area contributed by atoms with Gasteiger partial charge < -0.3 is 14.7 Å². The van der Waals surface area contributed by atoms with Gasteiger partial charge in [-0.15, -0.1) is 0 Å². The molecule has 3 rings (SSSR count). The van der Waals surface area contributed by atoms with Crippen molar-refractivity contribution in [3.05, 3.63) is 34.7 Å². The van der Waals surface area contributed by atoms with E-state index in [2.05, 4.69) is 0 Å². The Balaban J connectivity index is 1.90. The SMILES string of the molecule is CCn1c(=O)n(CC(=O)N2CCOC[C@@H]2CC(=O)O)c2ccccc21. The molecule has 0 aliphatic carbocycles. The van der Waals surface area contributed by atoms with Crippen molar-refractivity contribution < 1.29 is 19.4 Å². The van der Waals surface area contributed by atoms with E-state index in [1.54, 1.807) is 4.57 Å². The largest absolute Gasteiger partial charge is 0.481 e. The lowest BCUT2D eigenvalue weighted by Gasteiger charge is -2.34. The van der Waals surface area contributed by atoms with E-state index in [9.17, 15) is 14.4 Å². The van der Waals surface area contributed by atoms with E-state index in [0.717, 1.165) is 5.52 Å². The highest BCUT2D eigenvalue weighted by Crippen LogP contribution is 2.15. The van der Waals surface area contributed by atoms with Crippen LogP contribution in [0.15, 0.2) is 29.1 Å². The van der Waals surface area contributed by atoms with Crippen molar-refractivity contribution in [3.8, 4) is 0 Å². The standard InChI is InChI=1S/C17H21N3O5/c1-2-18-13-5-3-4-6-14(13)20(17(18)24)10-15(21)19-7-8-25-11-12(19)9-16(22)23/h3-6,12H,2,7-11H2,1H3,(H,22,23)/t12-/m0/s1. The number of carboxylic acids is 1. The molecule has 1 N–H and O–H groups in total. The molecule has 1 aromatic carbocycles. The number of nitrogens with zero attached hydrogens (tertiary/aromatic N) is 3. The first kappa shape index (κ1) is 17.2. The molecular weight excluding hydrogens is 326 g/mol. The molecule has 1 atom stereocenters. The van der Waals surface area contributed by atoms with Crippen LogP contribution in [0.25, 0.3) is 11.0 Å². The van der Waals surface area contributed by atoms with Crippen molar-refractivity contribution in [3.63, 3.8) is 0 Å². The maximum atomic E-state index is 12.8. The summed E-state index contributed by atoms with van der Waals surface area (Å²) in [4.78, 5) is 37.9. The maximum absolute atomic E-state index is 12.8. The topological polar surface area (TPSA) is 93.8 Å². The molecule has 8 nitrogen and oxygen atoms in total. The molecule has 25 heavy (non-hydrogen) atoms. The second kappa shape index (κ2) is 7.10. The summed E-state index contributed by atoms with van der Waals surface area (Å²) < 4.78 is 8.37. The number of para-hydroxylation sites is 2. The zero-order valence-corrected chi connectivity index (χ0v) is 14.1. The second-order valence-electron chi connectivity index (χ2n) is 6.02. The number of morpholine rings is 1. The number of carbonyl (C=O) groups excluding carboxylic acids is 1. The molecule has 2 aromatic rings. The number of aromatic nitrogens is 2. The molecule has 1 aliphatic heterocycles. The Bertz CT molecular complexity index is 854. The van der Waals surface area contributed by atoms with E-state index in [4.69, 9.17) is 9.84 Å². The molecule has 1 aromatic heterocycles. The van der Waals surface area contributed by atoms with E-state index in [0.29, 0.717) is 25.2 Å². The number of imidazole rings is 1. The van der Waals surface area contributed by atoms with E-state index >= 15 is 0 Å².